The number of likely N-dealkylation sites (tertiary alicyclic amines) is 1. The summed E-state index contributed by atoms with van der Waals surface area (Å²) in [6.45, 7) is 4.44. The highest BCUT2D eigenvalue weighted by atomic mass is 16.5. The number of esters is 1. The number of carbonyl (C=O) groups is 3. The number of nitrogens with zero attached hydrogens (tertiary/aromatic N) is 4. The summed E-state index contributed by atoms with van der Waals surface area (Å²) in [4.78, 5) is 39.7. The van der Waals surface area contributed by atoms with Gasteiger partial charge in [0, 0.05) is 25.3 Å². The van der Waals surface area contributed by atoms with Crippen molar-refractivity contribution in [1.29, 1.82) is 0 Å². The van der Waals surface area contributed by atoms with E-state index in [4.69, 9.17) is 4.74 Å². The van der Waals surface area contributed by atoms with E-state index < -0.39 is 11.7 Å². The molecule has 0 saturated carbocycles. The molecule has 1 aliphatic heterocycles. The number of para-hydroxylation sites is 1. The number of ether oxygens (including phenoxy) is 1. The molecule has 0 aliphatic carbocycles. The van der Waals surface area contributed by atoms with E-state index in [-0.39, 0.29) is 12.0 Å². The second kappa shape index (κ2) is 8.82. The van der Waals surface area contributed by atoms with Crippen molar-refractivity contribution in [3.63, 3.8) is 0 Å². The van der Waals surface area contributed by atoms with E-state index in [1.165, 1.54) is 7.11 Å². The highest BCUT2D eigenvalue weighted by Crippen LogP contribution is 2.26. The number of hydrogen-bond acceptors (Lipinski definition) is 5. The first kappa shape index (κ1) is 21.5. The van der Waals surface area contributed by atoms with Gasteiger partial charge >= 0.3 is 5.97 Å². The van der Waals surface area contributed by atoms with E-state index in [0.717, 1.165) is 5.69 Å². The van der Waals surface area contributed by atoms with Crippen LogP contribution in [0.25, 0.3) is 5.69 Å². The smallest absolute Gasteiger partial charge is 0.354 e. The van der Waals surface area contributed by atoms with Crippen LogP contribution in [0.2, 0.25) is 0 Å². The zero-order chi connectivity index (χ0) is 22.8. The summed E-state index contributed by atoms with van der Waals surface area (Å²) in [5, 5.41) is 4.49. The fourth-order valence-corrected chi connectivity index (χ4v) is 4.38. The van der Waals surface area contributed by atoms with Gasteiger partial charge < -0.3 is 14.2 Å². The van der Waals surface area contributed by atoms with Gasteiger partial charge in [-0.25, -0.2) is 9.48 Å². The van der Waals surface area contributed by atoms with Crippen molar-refractivity contribution < 1.29 is 19.1 Å². The molecule has 1 saturated heterocycles. The minimum absolute atomic E-state index is 0.0718. The lowest BCUT2D eigenvalue weighted by molar-refractivity contribution is -0.127. The molecule has 0 bridgehead atoms. The number of carbonyl (C=O) groups excluding carboxylic acids is 3. The Hall–Kier alpha value is -3.68. The van der Waals surface area contributed by atoms with Gasteiger partial charge in [-0.2, -0.15) is 5.10 Å². The molecule has 8 heteroatoms. The second-order valence-corrected chi connectivity index (χ2v) is 7.94. The number of hydrogen-bond donors (Lipinski definition) is 0. The molecule has 8 nitrogen and oxygen atoms in total. The number of rotatable bonds is 5. The van der Waals surface area contributed by atoms with Gasteiger partial charge in [0.15, 0.2) is 0 Å². The summed E-state index contributed by atoms with van der Waals surface area (Å²) in [7, 11) is 1.36. The molecular weight excluding hydrogens is 408 g/mol. The maximum atomic E-state index is 13.1. The molecule has 1 aliphatic rings. The topological polar surface area (TPSA) is 86.4 Å². The van der Waals surface area contributed by atoms with Gasteiger partial charge in [0.25, 0.3) is 11.7 Å². The van der Waals surface area contributed by atoms with Crippen LogP contribution in [-0.2, 0) is 9.53 Å². The van der Waals surface area contributed by atoms with Crippen LogP contribution in [0.3, 0.4) is 0 Å². The third-order valence-corrected chi connectivity index (χ3v) is 6.03. The zero-order valence-electron chi connectivity index (χ0n) is 18.4. The summed E-state index contributed by atoms with van der Waals surface area (Å²) in [5.74, 6) is -1.43. The normalized spacial score (nSPS) is 14.4. The summed E-state index contributed by atoms with van der Waals surface area (Å²) in [6, 6.07) is 13.1. The van der Waals surface area contributed by atoms with Crippen LogP contribution in [-0.4, -0.2) is 57.1 Å². The van der Waals surface area contributed by atoms with Crippen molar-refractivity contribution in [1.82, 2.24) is 19.2 Å². The number of methoxy groups -OCH3 is 1. The van der Waals surface area contributed by atoms with E-state index in [2.05, 4.69) is 5.10 Å². The highest BCUT2D eigenvalue weighted by molar-refractivity contribution is 6.43. The lowest BCUT2D eigenvalue weighted by atomic mass is 10.0. The molecule has 0 atom stereocenters. The minimum Gasteiger partial charge on any atom is -0.464 e. The van der Waals surface area contributed by atoms with Gasteiger partial charge in [-0.1, -0.05) is 18.2 Å². The standard InChI is InChI=1S/C24H26N4O4/c1-16-21(17(2)28(25-16)19-8-5-4-6-9-19)22(29)23(30)26-14-11-18(12-15-26)27-13-7-10-20(27)24(31)32-3/h4-10,13,18H,11-12,14-15H2,1-3H3. The summed E-state index contributed by atoms with van der Waals surface area (Å²) < 4.78 is 8.44. The molecule has 1 fully saturated rings. The van der Waals surface area contributed by atoms with Crippen LogP contribution in [0.5, 0.6) is 0 Å². The van der Waals surface area contributed by atoms with E-state index in [9.17, 15) is 14.4 Å². The molecule has 0 unspecified atom stereocenters. The molecule has 0 N–H and O–H groups in total. The molecule has 0 radical (unpaired) electrons. The van der Waals surface area contributed by atoms with Crippen molar-refractivity contribution >= 4 is 17.7 Å². The van der Waals surface area contributed by atoms with E-state index >= 15 is 0 Å². The molecule has 32 heavy (non-hydrogen) atoms. The molecule has 4 rings (SSSR count). The van der Waals surface area contributed by atoms with E-state index in [0.29, 0.717) is 48.6 Å². The molecule has 3 heterocycles. The fraction of sp³-hybridized carbons (Fsp3) is 0.333. The Balaban J connectivity index is 1.48. The Labute approximate surface area is 186 Å². The highest BCUT2D eigenvalue weighted by Gasteiger charge is 2.32. The maximum absolute atomic E-state index is 13.1. The van der Waals surface area contributed by atoms with Gasteiger partial charge in [0.05, 0.1) is 29.7 Å². The Kier molecular flexibility index (Phi) is 5.94. The van der Waals surface area contributed by atoms with Crippen LogP contribution >= 0.6 is 0 Å². The Morgan fingerprint density at radius 2 is 1.69 bits per heavy atom. The van der Waals surface area contributed by atoms with Crippen LogP contribution in [0, 0.1) is 13.8 Å². The second-order valence-electron chi connectivity index (χ2n) is 7.94. The lowest BCUT2D eigenvalue weighted by Crippen LogP contribution is -2.43. The molecular formula is C24H26N4O4. The number of piperidine rings is 1. The molecule has 2 aromatic heterocycles. The van der Waals surface area contributed by atoms with Crippen LogP contribution in [0.1, 0.15) is 51.1 Å². The van der Waals surface area contributed by atoms with E-state index in [1.54, 1.807) is 29.5 Å². The molecule has 1 aromatic carbocycles. The predicted molar refractivity (Wildman–Crippen MR) is 118 cm³/mol. The van der Waals surface area contributed by atoms with Gasteiger partial charge in [0.1, 0.15) is 5.69 Å². The van der Waals surface area contributed by atoms with Gasteiger partial charge in [0.2, 0.25) is 0 Å². The Bertz CT molecular complexity index is 1150. The van der Waals surface area contributed by atoms with Crippen molar-refractivity contribution in [2.75, 3.05) is 20.2 Å². The first-order valence-corrected chi connectivity index (χ1v) is 10.6. The Morgan fingerprint density at radius 3 is 2.34 bits per heavy atom. The molecule has 0 spiro atoms. The van der Waals surface area contributed by atoms with Crippen molar-refractivity contribution in [2.24, 2.45) is 0 Å². The number of aromatic nitrogens is 3. The minimum atomic E-state index is -0.531. The molecule has 1 amide bonds. The maximum Gasteiger partial charge on any atom is 0.354 e. The third-order valence-electron chi connectivity index (χ3n) is 6.03. The lowest BCUT2D eigenvalue weighted by Gasteiger charge is -2.33. The largest absolute Gasteiger partial charge is 0.464 e. The summed E-state index contributed by atoms with van der Waals surface area (Å²) >= 11 is 0. The SMILES string of the molecule is COC(=O)c1cccn1C1CCN(C(=O)C(=O)c2c(C)nn(-c3ccccc3)c2C)CC1. The average molecular weight is 434 g/mol. The van der Waals surface area contributed by atoms with Crippen molar-refractivity contribution in [3.05, 3.63) is 71.3 Å². The summed E-state index contributed by atoms with van der Waals surface area (Å²) in [6.07, 6.45) is 3.15. The zero-order valence-corrected chi connectivity index (χ0v) is 18.4. The predicted octanol–water partition coefficient (Wildman–Crippen LogP) is 3.12. The number of benzene rings is 1. The number of aryl methyl sites for hydroxylation is 1. The van der Waals surface area contributed by atoms with Gasteiger partial charge in [-0.15, -0.1) is 0 Å². The van der Waals surface area contributed by atoms with Crippen LogP contribution in [0.15, 0.2) is 48.7 Å². The fourth-order valence-electron chi connectivity index (χ4n) is 4.38. The summed E-state index contributed by atoms with van der Waals surface area (Å²) in [5.41, 5.74) is 2.88. The monoisotopic (exact) mass is 434 g/mol. The van der Waals surface area contributed by atoms with Gasteiger partial charge in [-0.05, 0) is 51.0 Å². The number of ketones is 1. The van der Waals surface area contributed by atoms with E-state index in [1.807, 2.05) is 47.2 Å². The number of Topliss-reactive ketones (excluding diaryl/α,β-unsaturated/α-hetero) is 1. The van der Waals surface area contributed by atoms with Crippen LogP contribution < -0.4 is 0 Å². The third kappa shape index (κ3) is 3.84. The first-order valence-electron chi connectivity index (χ1n) is 10.6. The average Bonchev–Trinajstić information content (AvgIpc) is 3.43. The first-order chi connectivity index (χ1) is 15.4. The van der Waals surface area contributed by atoms with Crippen molar-refractivity contribution in [2.45, 2.75) is 32.7 Å². The quantitative estimate of drug-likeness (QED) is 0.350. The molecule has 166 valence electrons. The van der Waals surface area contributed by atoms with Gasteiger partial charge in [-0.3, -0.25) is 9.59 Å². The van der Waals surface area contributed by atoms with Crippen LogP contribution in [0.4, 0.5) is 0 Å². The number of amides is 1. The van der Waals surface area contributed by atoms with Crippen molar-refractivity contribution in [3.8, 4) is 5.69 Å². The Morgan fingerprint density at radius 1 is 1.00 bits per heavy atom. The molecule has 3 aromatic rings.